The van der Waals surface area contributed by atoms with Gasteiger partial charge < -0.3 is 15.5 Å². The predicted octanol–water partition coefficient (Wildman–Crippen LogP) is 1.06. The van der Waals surface area contributed by atoms with Gasteiger partial charge in [-0.2, -0.15) is 0 Å². The molecule has 0 saturated carbocycles. The van der Waals surface area contributed by atoms with E-state index in [0.717, 1.165) is 0 Å². The summed E-state index contributed by atoms with van der Waals surface area (Å²) in [4.78, 5) is 11.3. The van der Waals surface area contributed by atoms with Crippen molar-refractivity contribution in [3.05, 3.63) is 22.6 Å². The maximum absolute atomic E-state index is 11.3. The van der Waals surface area contributed by atoms with Crippen LogP contribution in [0, 0.1) is 0 Å². The van der Waals surface area contributed by atoms with Gasteiger partial charge in [-0.05, 0) is 40.3 Å². The number of halogens is 1. The molecule has 13 heavy (non-hydrogen) atoms. The van der Waals surface area contributed by atoms with Crippen LogP contribution in [-0.2, 0) is 0 Å². The van der Waals surface area contributed by atoms with Gasteiger partial charge in [0.1, 0.15) is 0 Å². The quantitative estimate of drug-likeness (QED) is 0.630. The largest absolute Gasteiger partial charge is 0.446 e. The molecule has 0 atom stereocenters. The van der Waals surface area contributed by atoms with Crippen molar-refractivity contribution in [3.8, 4) is 0 Å². The van der Waals surface area contributed by atoms with E-state index in [-0.39, 0.29) is 23.2 Å². The summed E-state index contributed by atoms with van der Waals surface area (Å²) < 4.78 is 5.54. The van der Waals surface area contributed by atoms with Crippen LogP contribution < -0.4 is 11.1 Å². The number of hydrogen-bond acceptors (Lipinski definition) is 3. The van der Waals surface area contributed by atoms with Crippen LogP contribution in [0.1, 0.15) is 10.6 Å². The van der Waals surface area contributed by atoms with Crippen LogP contribution >= 0.6 is 28.1 Å². The molecule has 0 aliphatic carbocycles. The van der Waals surface area contributed by atoms with Crippen LogP contribution in [-0.4, -0.2) is 17.4 Å². The standard InChI is InChI=1S/C7H7BrN2O2S/c8-6-2-1-5(12-6)4(11)3-10-7(9)13/h1-2H,3H2,(H3,9,10,13). The third kappa shape index (κ3) is 3.16. The van der Waals surface area contributed by atoms with E-state index in [4.69, 9.17) is 10.2 Å². The van der Waals surface area contributed by atoms with Crippen molar-refractivity contribution in [2.75, 3.05) is 6.54 Å². The molecule has 0 bridgehead atoms. The lowest BCUT2D eigenvalue weighted by Gasteiger charge is -1.99. The monoisotopic (exact) mass is 262 g/mol. The number of ketones is 1. The fourth-order valence-electron chi connectivity index (χ4n) is 0.719. The Hall–Kier alpha value is -0.880. The van der Waals surface area contributed by atoms with Crippen LogP contribution in [0.25, 0.3) is 0 Å². The molecule has 0 aliphatic rings. The Balaban J connectivity index is 2.54. The highest BCUT2D eigenvalue weighted by Crippen LogP contribution is 2.13. The highest BCUT2D eigenvalue weighted by Gasteiger charge is 2.09. The van der Waals surface area contributed by atoms with Crippen molar-refractivity contribution in [3.63, 3.8) is 0 Å². The summed E-state index contributed by atoms with van der Waals surface area (Å²) in [6, 6.07) is 3.22. The lowest BCUT2D eigenvalue weighted by Crippen LogP contribution is -2.33. The number of carbonyl (C=O) groups is 1. The zero-order chi connectivity index (χ0) is 9.84. The second-order valence-corrected chi connectivity index (χ2v) is 3.47. The molecule has 0 saturated heterocycles. The number of Topliss-reactive ketones (excluding diaryl/α,β-unsaturated/α-hetero) is 1. The third-order valence-electron chi connectivity index (χ3n) is 1.27. The van der Waals surface area contributed by atoms with E-state index in [9.17, 15) is 4.79 Å². The summed E-state index contributed by atoms with van der Waals surface area (Å²) in [5, 5.41) is 2.63. The summed E-state index contributed by atoms with van der Waals surface area (Å²) >= 11 is 7.63. The highest BCUT2D eigenvalue weighted by atomic mass is 79.9. The minimum atomic E-state index is -0.196. The van der Waals surface area contributed by atoms with E-state index in [0.29, 0.717) is 4.67 Å². The molecule has 0 fully saturated rings. The van der Waals surface area contributed by atoms with E-state index in [1.54, 1.807) is 12.1 Å². The second kappa shape index (κ2) is 4.38. The number of hydrogen-bond donors (Lipinski definition) is 2. The van der Waals surface area contributed by atoms with E-state index < -0.39 is 0 Å². The number of carbonyl (C=O) groups excluding carboxylic acids is 1. The minimum Gasteiger partial charge on any atom is -0.446 e. The van der Waals surface area contributed by atoms with Gasteiger partial charge in [-0.1, -0.05) is 0 Å². The number of nitrogens with one attached hydrogen (secondary N) is 1. The van der Waals surface area contributed by atoms with Gasteiger partial charge in [0.15, 0.2) is 15.5 Å². The molecule has 6 heteroatoms. The zero-order valence-electron chi connectivity index (χ0n) is 6.54. The number of thiocarbonyl (C=S) groups is 1. The average Bonchev–Trinajstić information content (AvgIpc) is 2.47. The Morgan fingerprint density at radius 1 is 1.69 bits per heavy atom. The molecule has 0 aliphatic heterocycles. The van der Waals surface area contributed by atoms with Gasteiger partial charge in [0.2, 0.25) is 5.78 Å². The number of furan rings is 1. The van der Waals surface area contributed by atoms with Crippen molar-refractivity contribution >= 4 is 39.0 Å². The van der Waals surface area contributed by atoms with Gasteiger partial charge in [0, 0.05) is 0 Å². The van der Waals surface area contributed by atoms with Gasteiger partial charge in [0.25, 0.3) is 0 Å². The molecule has 0 radical (unpaired) electrons. The first-order chi connectivity index (χ1) is 6.09. The van der Waals surface area contributed by atoms with Gasteiger partial charge in [0.05, 0.1) is 6.54 Å². The number of rotatable bonds is 3. The normalized spacial score (nSPS) is 9.62. The van der Waals surface area contributed by atoms with Crippen molar-refractivity contribution in [1.29, 1.82) is 0 Å². The van der Waals surface area contributed by atoms with Crippen molar-refractivity contribution < 1.29 is 9.21 Å². The Kier molecular flexibility index (Phi) is 3.44. The lowest BCUT2D eigenvalue weighted by molar-refractivity contribution is 0.0969. The van der Waals surface area contributed by atoms with Crippen LogP contribution in [0.5, 0.6) is 0 Å². The lowest BCUT2D eigenvalue weighted by atomic mass is 10.3. The van der Waals surface area contributed by atoms with Crippen LogP contribution in [0.4, 0.5) is 0 Å². The fourth-order valence-corrected chi connectivity index (χ4v) is 1.10. The maximum atomic E-state index is 11.3. The average molecular weight is 263 g/mol. The first-order valence-corrected chi connectivity index (χ1v) is 4.61. The predicted molar refractivity (Wildman–Crippen MR) is 55.5 cm³/mol. The van der Waals surface area contributed by atoms with Gasteiger partial charge in [-0.25, -0.2) is 0 Å². The highest BCUT2D eigenvalue weighted by molar-refractivity contribution is 9.10. The van der Waals surface area contributed by atoms with Crippen molar-refractivity contribution in [2.24, 2.45) is 5.73 Å². The molecule has 0 amide bonds. The van der Waals surface area contributed by atoms with Gasteiger partial charge in [-0.15, -0.1) is 0 Å². The van der Waals surface area contributed by atoms with Crippen molar-refractivity contribution in [1.82, 2.24) is 5.32 Å². The molecular weight excluding hydrogens is 256 g/mol. The molecule has 1 aromatic heterocycles. The topological polar surface area (TPSA) is 68.3 Å². The first-order valence-electron chi connectivity index (χ1n) is 3.41. The summed E-state index contributed by atoms with van der Waals surface area (Å²) in [7, 11) is 0. The number of nitrogens with two attached hydrogens (primary N) is 1. The molecule has 70 valence electrons. The SMILES string of the molecule is NC(=S)NCC(=O)c1ccc(Br)o1. The molecular formula is C7H7BrN2O2S. The molecule has 0 unspecified atom stereocenters. The van der Waals surface area contributed by atoms with Gasteiger partial charge in [-0.3, -0.25) is 4.79 Å². The molecule has 1 aromatic rings. The van der Waals surface area contributed by atoms with Gasteiger partial charge >= 0.3 is 0 Å². The molecule has 1 heterocycles. The van der Waals surface area contributed by atoms with Crippen LogP contribution in [0.3, 0.4) is 0 Å². The van der Waals surface area contributed by atoms with E-state index in [2.05, 4.69) is 33.5 Å². The third-order valence-corrected chi connectivity index (χ3v) is 1.84. The van der Waals surface area contributed by atoms with E-state index in [1.165, 1.54) is 0 Å². The van der Waals surface area contributed by atoms with Crippen molar-refractivity contribution in [2.45, 2.75) is 0 Å². The molecule has 4 nitrogen and oxygen atoms in total. The van der Waals surface area contributed by atoms with E-state index >= 15 is 0 Å². The van der Waals surface area contributed by atoms with E-state index in [1.807, 2.05) is 0 Å². The summed E-state index contributed by atoms with van der Waals surface area (Å²) in [5.74, 6) is 0.0779. The summed E-state index contributed by atoms with van der Waals surface area (Å²) in [6.07, 6.45) is 0. The zero-order valence-corrected chi connectivity index (χ0v) is 8.94. The Labute approximate surface area is 88.6 Å². The Morgan fingerprint density at radius 2 is 2.38 bits per heavy atom. The second-order valence-electron chi connectivity index (χ2n) is 2.24. The smallest absolute Gasteiger partial charge is 0.217 e. The summed E-state index contributed by atoms with van der Waals surface area (Å²) in [5.41, 5.74) is 5.15. The molecule has 0 spiro atoms. The molecule has 1 rings (SSSR count). The van der Waals surface area contributed by atoms with Crippen LogP contribution in [0.15, 0.2) is 21.2 Å². The summed E-state index contributed by atoms with van der Waals surface area (Å²) in [6.45, 7) is 0.0509. The first kappa shape index (κ1) is 10.2. The Bertz CT molecular complexity index is 337. The van der Waals surface area contributed by atoms with Crippen LogP contribution in [0.2, 0.25) is 0 Å². The minimum absolute atomic E-state index is 0.0509. The molecule has 3 N–H and O–H groups in total. The molecule has 0 aromatic carbocycles. The Morgan fingerprint density at radius 3 is 2.85 bits per heavy atom. The maximum Gasteiger partial charge on any atom is 0.217 e. The fraction of sp³-hybridized carbons (Fsp3) is 0.143.